The molecule has 1 saturated heterocycles. The second-order valence-corrected chi connectivity index (χ2v) is 9.57. The van der Waals surface area contributed by atoms with Gasteiger partial charge >= 0.3 is 0 Å². The van der Waals surface area contributed by atoms with Crippen molar-refractivity contribution < 1.29 is 17.6 Å². The highest BCUT2D eigenvalue weighted by molar-refractivity contribution is 9.10. The van der Waals surface area contributed by atoms with Crippen molar-refractivity contribution in [1.82, 2.24) is 9.21 Å². The van der Waals surface area contributed by atoms with Crippen LogP contribution in [0.15, 0.2) is 51.8 Å². The number of rotatable bonds is 5. The van der Waals surface area contributed by atoms with Crippen molar-refractivity contribution in [2.75, 3.05) is 38.0 Å². The summed E-state index contributed by atoms with van der Waals surface area (Å²) >= 11 is 9.40. The molecule has 28 heavy (non-hydrogen) atoms. The fourth-order valence-electron chi connectivity index (χ4n) is 2.89. The number of carbonyl (C=O) groups is 1. The molecule has 1 heterocycles. The third-order valence-corrected chi connectivity index (χ3v) is 7.04. The van der Waals surface area contributed by atoms with Gasteiger partial charge in [0.2, 0.25) is 15.9 Å². The van der Waals surface area contributed by atoms with E-state index in [-0.39, 0.29) is 30.4 Å². The summed E-state index contributed by atoms with van der Waals surface area (Å²) in [6.07, 6.45) is 0. The van der Waals surface area contributed by atoms with Crippen LogP contribution in [0, 0.1) is 5.82 Å². The van der Waals surface area contributed by atoms with E-state index < -0.39 is 15.8 Å². The number of halogens is 3. The van der Waals surface area contributed by atoms with Gasteiger partial charge in [-0.1, -0.05) is 33.6 Å². The van der Waals surface area contributed by atoms with E-state index in [1.807, 2.05) is 4.90 Å². The first-order chi connectivity index (χ1) is 13.3. The summed E-state index contributed by atoms with van der Waals surface area (Å²) in [7, 11) is -3.75. The highest BCUT2D eigenvalue weighted by Crippen LogP contribution is 2.25. The molecule has 6 nitrogen and oxygen atoms in total. The number of anilines is 1. The van der Waals surface area contributed by atoms with Crippen LogP contribution in [-0.2, 0) is 14.8 Å². The van der Waals surface area contributed by atoms with Crippen molar-refractivity contribution in [2.45, 2.75) is 4.90 Å². The molecule has 0 atom stereocenters. The van der Waals surface area contributed by atoms with Crippen molar-refractivity contribution in [2.24, 2.45) is 0 Å². The van der Waals surface area contributed by atoms with E-state index in [0.29, 0.717) is 23.8 Å². The van der Waals surface area contributed by atoms with Crippen LogP contribution in [0.3, 0.4) is 0 Å². The van der Waals surface area contributed by atoms with Crippen molar-refractivity contribution in [3.8, 4) is 0 Å². The SMILES string of the molecule is O=C(CN1CCN(S(=O)(=O)c2cccc(F)c2)CC1)Nc1ccc(Br)cc1Cl. The number of hydrogen-bond acceptors (Lipinski definition) is 4. The number of carbonyl (C=O) groups excluding carboxylic acids is 1. The van der Waals surface area contributed by atoms with E-state index in [9.17, 15) is 17.6 Å². The van der Waals surface area contributed by atoms with Crippen LogP contribution in [0.1, 0.15) is 0 Å². The Balaban J connectivity index is 1.56. The van der Waals surface area contributed by atoms with Crippen molar-refractivity contribution in [3.63, 3.8) is 0 Å². The van der Waals surface area contributed by atoms with Crippen LogP contribution in [-0.4, -0.2) is 56.3 Å². The molecule has 0 bridgehead atoms. The van der Waals surface area contributed by atoms with Gasteiger partial charge in [0.25, 0.3) is 0 Å². The van der Waals surface area contributed by atoms with Crippen LogP contribution in [0.25, 0.3) is 0 Å². The molecule has 1 aliphatic heterocycles. The molecule has 0 aliphatic carbocycles. The van der Waals surface area contributed by atoms with Gasteiger partial charge in [0.1, 0.15) is 5.82 Å². The summed E-state index contributed by atoms with van der Waals surface area (Å²) < 4.78 is 40.7. The van der Waals surface area contributed by atoms with Gasteiger partial charge in [0.15, 0.2) is 0 Å². The minimum Gasteiger partial charge on any atom is -0.324 e. The fraction of sp³-hybridized carbons (Fsp3) is 0.278. The smallest absolute Gasteiger partial charge is 0.243 e. The normalized spacial score (nSPS) is 16.1. The zero-order valence-corrected chi connectivity index (χ0v) is 17.9. The minimum atomic E-state index is -3.75. The lowest BCUT2D eigenvalue weighted by Gasteiger charge is -2.33. The predicted molar refractivity (Wildman–Crippen MR) is 109 cm³/mol. The average Bonchev–Trinajstić information content (AvgIpc) is 2.64. The first-order valence-electron chi connectivity index (χ1n) is 8.49. The summed E-state index contributed by atoms with van der Waals surface area (Å²) in [4.78, 5) is 14.1. The molecule has 0 aromatic heterocycles. The fourth-order valence-corrected chi connectivity index (χ4v) is 5.06. The minimum absolute atomic E-state index is 0.0661. The Hall–Kier alpha value is -1.52. The Morgan fingerprint density at radius 2 is 1.86 bits per heavy atom. The predicted octanol–water partition coefficient (Wildman–Crippen LogP) is 3.19. The Kier molecular flexibility index (Phi) is 6.72. The van der Waals surface area contributed by atoms with E-state index in [1.165, 1.54) is 22.5 Å². The number of amides is 1. The highest BCUT2D eigenvalue weighted by Gasteiger charge is 2.29. The lowest BCUT2D eigenvalue weighted by molar-refractivity contribution is -0.117. The molecule has 1 fully saturated rings. The van der Waals surface area contributed by atoms with Crippen LogP contribution in [0.5, 0.6) is 0 Å². The van der Waals surface area contributed by atoms with E-state index in [4.69, 9.17) is 11.6 Å². The van der Waals surface area contributed by atoms with Gasteiger partial charge in [-0.3, -0.25) is 9.69 Å². The molecule has 0 saturated carbocycles. The lowest BCUT2D eigenvalue weighted by atomic mass is 10.3. The van der Waals surface area contributed by atoms with Crippen LogP contribution in [0.4, 0.5) is 10.1 Å². The third kappa shape index (κ3) is 5.09. The number of sulfonamides is 1. The van der Waals surface area contributed by atoms with Gasteiger partial charge in [0, 0.05) is 30.7 Å². The molecule has 0 spiro atoms. The van der Waals surface area contributed by atoms with Crippen LogP contribution >= 0.6 is 27.5 Å². The molecule has 150 valence electrons. The molecule has 0 unspecified atom stereocenters. The maximum absolute atomic E-state index is 13.4. The molecule has 3 rings (SSSR count). The molecule has 10 heteroatoms. The summed E-state index contributed by atoms with van der Waals surface area (Å²) in [6, 6.07) is 10.1. The summed E-state index contributed by atoms with van der Waals surface area (Å²) in [5.41, 5.74) is 0.516. The standard InChI is InChI=1S/C18H18BrClFN3O3S/c19-13-4-5-17(16(20)10-13)22-18(25)12-23-6-8-24(9-7-23)28(26,27)15-3-1-2-14(21)11-15/h1-5,10-11H,6-9,12H2,(H,22,25). The Labute approximate surface area is 176 Å². The molecule has 2 aromatic carbocycles. The monoisotopic (exact) mass is 489 g/mol. The Morgan fingerprint density at radius 1 is 1.14 bits per heavy atom. The second-order valence-electron chi connectivity index (χ2n) is 6.31. The zero-order valence-electron chi connectivity index (χ0n) is 14.7. The van der Waals surface area contributed by atoms with E-state index in [2.05, 4.69) is 21.2 Å². The van der Waals surface area contributed by atoms with Crippen molar-refractivity contribution >= 4 is 49.1 Å². The van der Waals surface area contributed by atoms with Gasteiger partial charge in [-0.2, -0.15) is 4.31 Å². The highest BCUT2D eigenvalue weighted by atomic mass is 79.9. The van der Waals surface area contributed by atoms with Gasteiger partial charge in [-0.25, -0.2) is 12.8 Å². The van der Waals surface area contributed by atoms with Gasteiger partial charge < -0.3 is 5.32 Å². The molecule has 1 aliphatic rings. The summed E-state index contributed by atoms with van der Waals surface area (Å²) in [5, 5.41) is 3.18. The second kappa shape index (κ2) is 8.87. The third-order valence-electron chi connectivity index (χ3n) is 4.34. The number of benzene rings is 2. The van der Waals surface area contributed by atoms with Gasteiger partial charge in [0.05, 0.1) is 22.2 Å². The maximum atomic E-state index is 13.4. The largest absolute Gasteiger partial charge is 0.324 e. The molecule has 2 aromatic rings. The maximum Gasteiger partial charge on any atom is 0.243 e. The summed E-state index contributed by atoms with van der Waals surface area (Å²) in [5.74, 6) is -0.825. The van der Waals surface area contributed by atoms with Crippen LogP contribution < -0.4 is 5.32 Å². The topological polar surface area (TPSA) is 69.7 Å². The van der Waals surface area contributed by atoms with Gasteiger partial charge in [-0.05, 0) is 36.4 Å². The van der Waals surface area contributed by atoms with E-state index >= 15 is 0 Å². The van der Waals surface area contributed by atoms with Crippen molar-refractivity contribution in [1.29, 1.82) is 0 Å². The molecular weight excluding hydrogens is 473 g/mol. The van der Waals surface area contributed by atoms with Crippen LogP contribution in [0.2, 0.25) is 5.02 Å². The van der Waals surface area contributed by atoms with Gasteiger partial charge in [-0.15, -0.1) is 0 Å². The number of nitrogens with one attached hydrogen (secondary N) is 1. The number of hydrogen-bond donors (Lipinski definition) is 1. The average molecular weight is 491 g/mol. The van der Waals surface area contributed by atoms with E-state index in [1.54, 1.807) is 18.2 Å². The van der Waals surface area contributed by atoms with Crippen molar-refractivity contribution in [3.05, 3.63) is 57.8 Å². The Morgan fingerprint density at radius 3 is 2.50 bits per heavy atom. The van der Waals surface area contributed by atoms with E-state index in [0.717, 1.165) is 10.5 Å². The molecular formula is C18H18BrClFN3O3S. The zero-order chi connectivity index (χ0) is 20.3. The first-order valence-corrected chi connectivity index (χ1v) is 11.1. The Bertz CT molecular complexity index is 982. The quantitative estimate of drug-likeness (QED) is 0.699. The number of nitrogens with zero attached hydrogens (tertiary/aromatic N) is 2. The molecule has 0 radical (unpaired) electrons. The summed E-state index contributed by atoms with van der Waals surface area (Å²) in [6.45, 7) is 1.38. The number of piperazine rings is 1. The molecule has 1 amide bonds. The molecule has 1 N–H and O–H groups in total. The first kappa shape index (κ1) is 21.2. The lowest BCUT2D eigenvalue weighted by Crippen LogP contribution is -2.50.